The van der Waals surface area contributed by atoms with Crippen molar-refractivity contribution in [2.75, 3.05) is 53.0 Å². The van der Waals surface area contributed by atoms with E-state index in [1.807, 2.05) is 12.1 Å². The summed E-state index contributed by atoms with van der Waals surface area (Å²) in [7, 11) is -1.76. The van der Waals surface area contributed by atoms with Gasteiger partial charge in [-0.3, -0.25) is 9.74 Å². The Bertz CT molecular complexity index is 697. The smallest absolute Gasteiger partial charge is 0.218 e. The summed E-state index contributed by atoms with van der Waals surface area (Å²) in [5.74, 6) is 0. The highest BCUT2D eigenvalue weighted by molar-refractivity contribution is 7.90. The summed E-state index contributed by atoms with van der Waals surface area (Å²) in [5.41, 5.74) is 0.834. The van der Waals surface area contributed by atoms with Crippen LogP contribution >= 0.6 is 11.6 Å². The Morgan fingerprint density at radius 3 is 2.81 bits per heavy atom. The number of hydroxylamine groups is 2. The van der Waals surface area contributed by atoms with Gasteiger partial charge in [-0.15, -0.1) is 0 Å². The van der Waals surface area contributed by atoms with E-state index in [9.17, 15) is 8.42 Å². The van der Waals surface area contributed by atoms with Crippen molar-refractivity contribution in [3.63, 3.8) is 0 Å². The van der Waals surface area contributed by atoms with Crippen LogP contribution in [0.1, 0.15) is 18.0 Å². The zero-order valence-electron chi connectivity index (χ0n) is 14.9. The van der Waals surface area contributed by atoms with E-state index in [1.54, 1.807) is 24.2 Å². The molecule has 0 saturated carbocycles. The molecule has 0 aliphatic carbocycles. The third kappa shape index (κ3) is 4.95. The van der Waals surface area contributed by atoms with Gasteiger partial charge in [-0.1, -0.05) is 23.7 Å². The lowest BCUT2D eigenvalue weighted by Gasteiger charge is -2.26. The number of benzene rings is 1. The molecule has 1 N–H and O–H groups in total. The fourth-order valence-electron chi connectivity index (χ4n) is 3.42. The second kappa shape index (κ2) is 8.97. The molecule has 2 unspecified atom stereocenters. The van der Waals surface area contributed by atoms with Gasteiger partial charge in [0.05, 0.1) is 25.9 Å². The van der Waals surface area contributed by atoms with Crippen LogP contribution in [0.3, 0.4) is 0 Å². The van der Waals surface area contributed by atoms with Gasteiger partial charge in [0.2, 0.25) is 10.0 Å². The maximum atomic E-state index is 12.8. The van der Waals surface area contributed by atoms with Gasteiger partial charge in [0, 0.05) is 31.7 Å². The summed E-state index contributed by atoms with van der Waals surface area (Å²) in [6.07, 6.45) is 0.768. The monoisotopic (exact) mass is 403 g/mol. The average molecular weight is 404 g/mol. The van der Waals surface area contributed by atoms with Crippen LogP contribution in [0.2, 0.25) is 5.02 Å². The predicted molar refractivity (Wildman–Crippen MR) is 100 cm³/mol. The molecule has 2 aliphatic rings. The first-order chi connectivity index (χ1) is 12.5. The highest BCUT2D eigenvalue weighted by atomic mass is 35.5. The van der Waals surface area contributed by atoms with Crippen molar-refractivity contribution in [3.05, 3.63) is 34.9 Å². The van der Waals surface area contributed by atoms with Crippen LogP contribution in [0.5, 0.6) is 0 Å². The first-order valence-corrected chi connectivity index (χ1v) is 10.8. The van der Waals surface area contributed by atoms with Crippen LogP contribution in [-0.2, 0) is 19.6 Å². The number of morpholine rings is 1. The molecule has 0 spiro atoms. The summed E-state index contributed by atoms with van der Waals surface area (Å²) >= 11 is 6.07. The molecular weight excluding hydrogens is 378 g/mol. The van der Waals surface area contributed by atoms with Gasteiger partial charge in [0.1, 0.15) is 5.25 Å². The van der Waals surface area contributed by atoms with E-state index in [-0.39, 0.29) is 12.6 Å². The van der Waals surface area contributed by atoms with Gasteiger partial charge in [0.15, 0.2) is 0 Å². The first kappa shape index (κ1) is 20.0. The highest BCUT2D eigenvalue weighted by Crippen LogP contribution is 2.34. The zero-order chi connectivity index (χ0) is 18.6. The summed E-state index contributed by atoms with van der Waals surface area (Å²) in [4.78, 5) is 7.80. The molecule has 0 aromatic heterocycles. The third-order valence-electron chi connectivity index (χ3n) is 4.83. The molecule has 7 nitrogen and oxygen atoms in total. The molecule has 2 fully saturated rings. The lowest BCUT2D eigenvalue weighted by molar-refractivity contribution is -0.110. The molecular formula is C17H26ClN3O4S. The van der Waals surface area contributed by atoms with Crippen molar-refractivity contribution in [1.29, 1.82) is 0 Å². The minimum Gasteiger partial charge on any atom is -0.379 e. The van der Waals surface area contributed by atoms with Gasteiger partial charge in [-0.2, -0.15) is 5.06 Å². The molecule has 3 rings (SSSR count). The quantitative estimate of drug-likeness (QED) is 0.691. The number of hydrogen-bond acceptors (Lipinski definition) is 6. The van der Waals surface area contributed by atoms with Crippen LogP contribution in [0.15, 0.2) is 24.3 Å². The number of hydrogen-bond donors (Lipinski definition) is 1. The Morgan fingerprint density at radius 2 is 2.08 bits per heavy atom. The topological polar surface area (TPSA) is 71.1 Å². The van der Waals surface area contributed by atoms with Crippen LogP contribution in [0.25, 0.3) is 0 Å². The van der Waals surface area contributed by atoms with Crippen molar-refractivity contribution in [2.45, 2.75) is 17.7 Å². The van der Waals surface area contributed by atoms with E-state index in [4.69, 9.17) is 21.2 Å². The normalized spacial score (nSPS) is 25.6. The van der Waals surface area contributed by atoms with E-state index in [2.05, 4.69) is 9.62 Å². The SMILES string of the molecule is CN1OCC(S(=O)(=O)NCCCN2CCOCC2)C1c1cccc(Cl)c1. The Balaban J connectivity index is 1.58. The summed E-state index contributed by atoms with van der Waals surface area (Å²) < 4.78 is 33.7. The number of rotatable bonds is 7. The number of sulfonamides is 1. The van der Waals surface area contributed by atoms with Gasteiger partial charge in [-0.05, 0) is 30.7 Å². The predicted octanol–water partition coefficient (Wildman–Crippen LogP) is 1.27. The van der Waals surface area contributed by atoms with Crippen LogP contribution in [-0.4, -0.2) is 76.7 Å². The third-order valence-corrected chi connectivity index (χ3v) is 6.87. The molecule has 2 heterocycles. The van der Waals surface area contributed by atoms with Crippen molar-refractivity contribution in [3.8, 4) is 0 Å². The average Bonchev–Trinajstić information content (AvgIpc) is 3.02. The van der Waals surface area contributed by atoms with Gasteiger partial charge in [-0.25, -0.2) is 13.1 Å². The summed E-state index contributed by atoms with van der Waals surface area (Å²) in [5, 5.41) is 1.51. The lowest BCUT2D eigenvalue weighted by Crippen LogP contribution is -2.41. The first-order valence-electron chi connectivity index (χ1n) is 8.87. The minimum absolute atomic E-state index is 0.131. The van der Waals surface area contributed by atoms with Crippen molar-refractivity contribution >= 4 is 21.6 Å². The van der Waals surface area contributed by atoms with Crippen LogP contribution in [0, 0.1) is 0 Å². The van der Waals surface area contributed by atoms with Crippen molar-refractivity contribution in [2.24, 2.45) is 0 Å². The Kier molecular flexibility index (Phi) is 6.90. The molecule has 9 heteroatoms. The fraction of sp³-hybridized carbons (Fsp3) is 0.647. The number of ether oxygens (including phenoxy) is 1. The molecule has 2 aliphatic heterocycles. The number of nitrogens with one attached hydrogen (secondary N) is 1. The molecule has 146 valence electrons. The zero-order valence-corrected chi connectivity index (χ0v) is 16.5. The van der Waals surface area contributed by atoms with E-state index in [1.165, 1.54) is 0 Å². The summed E-state index contributed by atoms with van der Waals surface area (Å²) in [6, 6.07) is 6.88. The minimum atomic E-state index is -3.51. The molecule has 1 aromatic carbocycles. The largest absolute Gasteiger partial charge is 0.379 e. The second-order valence-corrected chi connectivity index (χ2v) is 9.05. The molecule has 26 heavy (non-hydrogen) atoms. The lowest BCUT2D eigenvalue weighted by atomic mass is 10.0. The van der Waals surface area contributed by atoms with Crippen LogP contribution in [0.4, 0.5) is 0 Å². The maximum Gasteiger partial charge on any atom is 0.218 e. The number of nitrogens with zero attached hydrogens (tertiary/aromatic N) is 2. The van der Waals surface area contributed by atoms with Crippen LogP contribution < -0.4 is 4.72 Å². The van der Waals surface area contributed by atoms with E-state index < -0.39 is 15.3 Å². The van der Waals surface area contributed by atoms with E-state index >= 15 is 0 Å². The van der Waals surface area contributed by atoms with E-state index in [0.717, 1.165) is 44.8 Å². The molecule has 0 radical (unpaired) electrons. The number of halogens is 1. The Hall–Kier alpha value is -0.740. The Morgan fingerprint density at radius 1 is 1.31 bits per heavy atom. The molecule has 1 aromatic rings. The fourth-order valence-corrected chi connectivity index (χ4v) is 5.17. The molecule has 2 saturated heterocycles. The Labute approximate surface area is 160 Å². The van der Waals surface area contributed by atoms with Gasteiger partial charge in [0.25, 0.3) is 0 Å². The van der Waals surface area contributed by atoms with Gasteiger partial charge < -0.3 is 4.74 Å². The molecule has 0 amide bonds. The summed E-state index contributed by atoms with van der Waals surface area (Å²) in [6.45, 7) is 4.73. The maximum absolute atomic E-state index is 12.8. The van der Waals surface area contributed by atoms with E-state index in [0.29, 0.717) is 11.6 Å². The second-order valence-electron chi connectivity index (χ2n) is 6.63. The van der Waals surface area contributed by atoms with Crippen molar-refractivity contribution in [1.82, 2.24) is 14.7 Å². The van der Waals surface area contributed by atoms with Crippen molar-refractivity contribution < 1.29 is 18.0 Å². The standard InChI is InChI=1S/C17H26ClN3O4S/c1-20-17(14-4-2-5-15(18)12-14)16(13-25-20)26(22,23)19-6-3-7-21-8-10-24-11-9-21/h2,4-5,12,16-17,19H,3,6-11,13H2,1H3. The molecule has 0 bridgehead atoms. The highest BCUT2D eigenvalue weighted by Gasteiger charge is 2.43. The van der Waals surface area contributed by atoms with Gasteiger partial charge >= 0.3 is 0 Å². The molecule has 2 atom stereocenters.